The molecule has 1 fully saturated rings. The lowest BCUT2D eigenvalue weighted by atomic mass is 10.2. The molecule has 1 rings (SSSR count). The van der Waals surface area contributed by atoms with Gasteiger partial charge in [0.2, 0.25) is 0 Å². The van der Waals surface area contributed by atoms with E-state index in [0.717, 1.165) is 11.0 Å². The monoisotopic (exact) mass is 162 g/mol. The largest absolute Gasteiger partial charge is 0.179 e. The summed E-state index contributed by atoms with van der Waals surface area (Å²) < 4.78 is 0. The summed E-state index contributed by atoms with van der Waals surface area (Å²) in [6, 6.07) is 0. The van der Waals surface area contributed by atoms with E-state index in [1.165, 1.54) is 31.4 Å². The molecule has 0 spiro atoms. The topological polar surface area (TPSA) is 0 Å². The fourth-order valence-electron chi connectivity index (χ4n) is 1.19. The van der Waals surface area contributed by atoms with Gasteiger partial charge in [0.15, 0.2) is 0 Å². The summed E-state index contributed by atoms with van der Waals surface area (Å²) in [7, 11) is 0. The average molecular weight is 162 g/mol. The molecular weight excluding hydrogens is 148 g/mol. The van der Waals surface area contributed by atoms with Crippen molar-refractivity contribution >= 4 is 24.4 Å². The van der Waals surface area contributed by atoms with Crippen molar-refractivity contribution in [1.82, 2.24) is 0 Å². The highest BCUT2D eigenvalue weighted by Crippen LogP contribution is 2.29. The van der Waals surface area contributed by atoms with Crippen molar-refractivity contribution in [2.75, 3.05) is 11.5 Å². The van der Waals surface area contributed by atoms with E-state index in [2.05, 4.69) is 24.4 Å². The van der Waals surface area contributed by atoms with Gasteiger partial charge in [-0.25, -0.2) is 0 Å². The van der Waals surface area contributed by atoms with Crippen molar-refractivity contribution in [2.24, 2.45) is 0 Å². The fraction of sp³-hybridized carbons (Fsp3) is 1.00. The van der Waals surface area contributed by atoms with E-state index >= 15 is 0 Å². The molecule has 0 nitrogen and oxygen atoms in total. The zero-order valence-electron chi connectivity index (χ0n) is 5.68. The molecule has 1 aliphatic heterocycles. The highest BCUT2D eigenvalue weighted by atomic mass is 32.2. The molecule has 0 aromatic rings. The van der Waals surface area contributed by atoms with Crippen molar-refractivity contribution in [3.8, 4) is 0 Å². The number of thiol groups is 1. The summed E-state index contributed by atoms with van der Waals surface area (Å²) in [5.74, 6) is 2.47. The Balaban J connectivity index is 1.98. The second-order valence-electron chi connectivity index (χ2n) is 2.50. The minimum atomic E-state index is 0.983. The maximum Gasteiger partial charge on any atom is 0.00476 e. The smallest absolute Gasteiger partial charge is 0.00476 e. The Morgan fingerprint density at radius 1 is 1.56 bits per heavy atom. The van der Waals surface area contributed by atoms with Crippen LogP contribution in [0, 0.1) is 0 Å². The van der Waals surface area contributed by atoms with Crippen LogP contribution in [-0.2, 0) is 0 Å². The van der Waals surface area contributed by atoms with E-state index < -0.39 is 0 Å². The van der Waals surface area contributed by atoms with Crippen molar-refractivity contribution in [3.63, 3.8) is 0 Å². The van der Waals surface area contributed by atoms with Gasteiger partial charge in [0.25, 0.3) is 0 Å². The van der Waals surface area contributed by atoms with Gasteiger partial charge >= 0.3 is 0 Å². The summed E-state index contributed by atoms with van der Waals surface area (Å²) >= 11 is 6.33. The molecule has 1 heterocycles. The minimum Gasteiger partial charge on any atom is -0.179 e. The van der Waals surface area contributed by atoms with Crippen molar-refractivity contribution in [2.45, 2.75) is 30.9 Å². The van der Waals surface area contributed by atoms with Gasteiger partial charge in [-0.2, -0.15) is 24.4 Å². The third-order valence-electron chi connectivity index (χ3n) is 1.71. The Kier molecular flexibility index (Phi) is 3.91. The van der Waals surface area contributed by atoms with Gasteiger partial charge in [-0.15, -0.1) is 0 Å². The second-order valence-corrected chi connectivity index (χ2v) is 4.36. The predicted molar refractivity (Wildman–Crippen MR) is 48.6 cm³/mol. The van der Waals surface area contributed by atoms with Crippen LogP contribution in [0.2, 0.25) is 0 Å². The summed E-state index contributed by atoms with van der Waals surface area (Å²) in [6.07, 6.45) is 5.61. The number of hydrogen-bond acceptors (Lipinski definition) is 2. The van der Waals surface area contributed by atoms with Crippen LogP contribution in [0.3, 0.4) is 0 Å². The molecule has 1 unspecified atom stereocenters. The third kappa shape index (κ3) is 2.85. The van der Waals surface area contributed by atoms with Crippen LogP contribution in [0.25, 0.3) is 0 Å². The van der Waals surface area contributed by atoms with E-state index in [1.807, 2.05) is 0 Å². The Morgan fingerprint density at radius 3 is 3.00 bits per heavy atom. The van der Waals surface area contributed by atoms with E-state index in [-0.39, 0.29) is 0 Å². The molecule has 0 radical (unpaired) electrons. The maximum atomic E-state index is 4.18. The Morgan fingerprint density at radius 2 is 2.44 bits per heavy atom. The zero-order chi connectivity index (χ0) is 6.53. The summed E-state index contributed by atoms with van der Waals surface area (Å²) in [4.78, 5) is 0. The molecular formula is C7H14S2. The molecule has 0 aromatic heterocycles. The molecule has 1 aliphatic rings. The molecule has 0 aromatic carbocycles. The van der Waals surface area contributed by atoms with E-state index in [9.17, 15) is 0 Å². The Bertz CT molecular complexity index is 67.3. The molecule has 0 amide bonds. The van der Waals surface area contributed by atoms with Crippen LogP contribution < -0.4 is 0 Å². The molecule has 2 heteroatoms. The first-order chi connectivity index (χ1) is 4.43. The van der Waals surface area contributed by atoms with Crippen LogP contribution in [-0.4, -0.2) is 16.8 Å². The van der Waals surface area contributed by atoms with Gasteiger partial charge in [-0.3, -0.25) is 0 Å². The number of hydrogen-bond donors (Lipinski definition) is 1. The summed E-state index contributed by atoms with van der Waals surface area (Å²) in [5, 5.41) is 0.983. The van der Waals surface area contributed by atoms with Gasteiger partial charge in [-0.05, 0) is 37.2 Å². The average Bonchev–Trinajstić information content (AvgIpc) is 2.34. The third-order valence-corrected chi connectivity index (χ3v) is 3.49. The standard InChI is InChI=1S/C7H14S2/c8-5-1-3-7-4-2-6-9-7/h7-8H,1-6H2. The van der Waals surface area contributed by atoms with Crippen molar-refractivity contribution in [3.05, 3.63) is 0 Å². The van der Waals surface area contributed by atoms with Crippen molar-refractivity contribution < 1.29 is 0 Å². The van der Waals surface area contributed by atoms with E-state index in [4.69, 9.17) is 0 Å². The first-order valence-corrected chi connectivity index (χ1v) is 5.34. The minimum absolute atomic E-state index is 0.983. The molecule has 0 saturated carbocycles. The highest BCUT2D eigenvalue weighted by Gasteiger charge is 2.13. The van der Waals surface area contributed by atoms with Crippen molar-refractivity contribution in [1.29, 1.82) is 0 Å². The lowest BCUT2D eigenvalue weighted by molar-refractivity contribution is 0.707. The molecule has 0 aliphatic carbocycles. The Hall–Kier alpha value is 0.700. The second kappa shape index (κ2) is 4.51. The lowest BCUT2D eigenvalue weighted by Gasteiger charge is -2.04. The molecule has 0 N–H and O–H groups in total. The van der Waals surface area contributed by atoms with E-state index in [0.29, 0.717) is 0 Å². The molecule has 1 saturated heterocycles. The molecule has 0 bridgehead atoms. The number of rotatable bonds is 3. The predicted octanol–water partition coefficient (Wildman–Crippen LogP) is 2.59. The summed E-state index contributed by atoms with van der Waals surface area (Å²) in [5.41, 5.74) is 0. The van der Waals surface area contributed by atoms with Crippen LogP contribution in [0.4, 0.5) is 0 Å². The van der Waals surface area contributed by atoms with Gasteiger partial charge in [0, 0.05) is 5.25 Å². The summed E-state index contributed by atoms with van der Waals surface area (Å²) in [6.45, 7) is 0. The lowest BCUT2D eigenvalue weighted by Crippen LogP contribution is -1.95. The fourth-order valence-corrected chi connectivity index (χ4v) is 2.71. The maximum absolute atomic E-state index is 4.18. The zero-order valence-corrected chi connectivity index (χ0v) is 7.39. The first kappa shape index (κ1) is 7.80. The molecule has 9 heavy (non-hydrogen) atoms. The first-order valence-electron chi connectivity index (χ1n) is 3.66. The van der Waals surface area contributed by atoms with Gasteiger partial charge < -0.3 is 0 Å². The quantitative estimate of drug-likeness (QED) is 0.622. The number of thioether (sulfide) groups is 1. The van der Waals surface area contributed by atoms with Gasteiger partial charge in [-0.1, -0.05) is 0 Å². The highest BCUT2D eigenvalue weighted by molar-refractivity contribution is 8.00. The Labute approximate surface area is 67.2 Å². The SMILES string of the molecule is SCCCC1CCCS1. The van der Waals surface area contributed by atoms with Gasteiger partial charge in [0.1, 0.15) is 0 Å². The van der Waals surface area contributed by atoms with Crippen LogP contribution in [0.1, 0.15) is 25.7 Å². The van der Waals surface area contributed by atoms with E-state index in [1.54, 1.807) is 0 Å². The van der Waals surface area contributed by atoms with Crippen LogP contribution >= 0.6 is 24.4 Å². The van der Waals surface area contributed by atoms with Crippen LogP contribution in [0.15, 0.2) is 0 Å². The molecule has 54 valence electrons. The van der Waals surface area contributed by atoms with Gasteiger partial charge in [0.05, 0.1) is 0 Å². The normalized spacial score (nSPS) is 27.0. The molecule has 1 atom stereocenters. The van der Waals surface area contributed by atoms with Crippen LogP contribution in [0.5, 0.6) is 0 Å².